The largest absolute Gasteiger partial charge is 0.419 e. The third-order valence-corrected chi connectivity index (χ3v) is 4.06. The number of benzene rings is 1. The van der Waals surface area contributed by atoms with Crippen LogP contribution in [0.2, 0.25) is 0 Å². The lowest BCUT2D eigenvalue weighted by molar-refractivity contribution is -0.140. The van der Waals surface area contributed by atoms with Gasteiger partial charge in [0.2, 0.25) is 0 Å². The molecule has 3 rings (SSSR count). The molecule has 1 aliphatic carbocycles. The Hall–Kier alpha value is -2.22. The number of nitrogens with zero attached hydrogens (tertiary/aromatic N) is 2. The van der Waals surface area contributed by atoms with E-state index in [2.05, 4.69) is 15.3 Å². The predicted molar refractivity (Wildman–Crippen MR) is 78.7 cm³/mol. The molecule has 8 heteroatoms. The summed E-state index contributed by atoms with van der Waals surface area (Å²) in [7, 11) is 0. The van der Waals surface area contributed by atoms with Crippen molar-refractivity contribution < 1.29 is 22.7 Å². The van der Waals surface area contributed by atoms with Crippen molar-refractivity contribution in [3.63, 3.8) is 0 Å². The molecular formula is C16H15F4N3O. The van der Waals surface area contributed by atoms with Gasteiger partial charge in [-0.25, -0.2) is 14.4 Å². The Labute approximate surface area is 135 Å². The quantitative estimate of drug-likeness (QED) is 0.836. The van der Waals surface area contributed by atoms with Crippen LogP contribution in [-0.2, 0) is 12.7 Å². The van der Waals surface area contributed by atoms with Gasteiger partial charge in [-0.3, -0.25) is 0 Å². The number of anilines is 1. The van der Waals surface area contributed by atoms with Crippen molar-refractivity contribution >= 4 is 5.82 Å². The molecule has 1 heterocycles. The van der Waals surface area contributed by atoms with Crippen molar-refractivity contribution in [1.82, 2.24) is 9.97 Å². The van der Waals surface area contributed by atoms with E-state index >= 15 is 0 Å². The van der Waals surface area contributed by atoms with E-state index in [1.807, 2.05) is 0 Å². The van der Waals surface area contributed by atoms with Gasteiger partial charge in [0.15, 0.2) is 0 Å². The SMILES string of the molecule is OC1CC(c2cc(NCc3cccc(C(F)(F)F)c3F)ncn2)C1. The number of alkyl halides is 3. The molecule has 1 fully saturated rings. The molecule has 0 aliphatic heterocycles. The highest BCUT2D eigenvalue weighted by Gasteiger charge is 2.34. The van der Waals surface area contributed by atoms with Crippen LogP contribution in [0, 0.1) is 5.82 Å². The monoisotopic (exact) mass is 341 g/mol. The Morgan fingerprint density at radius 1 is 1.21 bits per heavy atom. The number of rotatable bonds is 4. The minimum absolute atomic E-state index is 0.0935. The van der Waals surface area contributed by atoms with Gasteiger partial charge in [-0.15, -0.1) is 0 Å². The van der Waals surface area contributed by atoms with Crippen LogP contribution in [0.25, 0.3) is 0 Å². The lowest BCUT2D eigenvalue weighted by atomic mass is 9.80. The standard InChI is InChI=1S/C16H15F4N3O/c17-15-9(2-1-3-12(15)16(18,19)20)7-21-14-6-13(22-8-23-14)10-4-11(24)5-10/h1-3,6,8,10-11,24H,4-5,7H2,(H,21,22,23). The summed E-state index contributed by atoms with van der Waals surface area (Å²) in [5.41, 5.74) is -0.625. The normalized spacial score (nSPS) is 20.5. The molecule has 0 radical (unpaired) electrons. The molecule has 0 bridgehead atoms. The molecule has 0 unspecified atom stereocenters. The van der Waals surface area contributed by atoms with Crippen LogP contribution in [0.3, 0.4) is 0 Å². The smallest absolute Gasteiger partial charge is 0.393 e. The van der Waals surface area contributed by atoms with Crippen LogP contribution in [0.1, 0.15) is 35.6 Å². The molecular weight excluding hydrogens is 326 g/mol. The first-order chi connectivity index (χ1) is 11.3. The molecule has 2 aromatic rings. The lowest BCUT2D eigenvalue weighted by Gasteiger charge is -2.30. The van der Waals surface area contributed by atoms with Crippen molar-refractivity contribution in [2.45, 2.75) is 37.6 Å². The molecule has 24 heavy (non-hydrogen) atoms. The Kier molecular flexibility index (Phi) is 4.40. The second-order valence-electron chi connectivity index (χ2n) is 5.78. The first kappa shape index (κ1) is 16.6. The fraction of sp³-hybridized carbons (Fsp3) is 0.375. The van der Waals surface area contributed by atoms with Crippen molar-refractivity contribution in [3.05, 3.63) is 53.2 Å². The average Bonchev–Trinajstić information content (AvgIpc) is 2.50. The molecule has 0 spiro atoms. The molecule has 1 aromatic carbocycles. The molecule has 0 saturated heterocycles. The van der Waals surface area contributed by atoms with E-state index in [1.165, 1.54) is 18.5 Å². The molecule has 4 nitrogen and oxygen atoms in total. The van der Waals surface area contributed by atoms with Crippen molar-refractivity contribution in [2.75, 3.05) is 5.32 Å². The highest BCUT2D eigenvalue weighted by molar-refractivity contribution is 5.38. The number of aliphatic hydroxyl groups excluding tert-OH is 1. The summed E-state index contributed by atoms with van der Waals surface area (Å²) in [4.78, 5) is 8.12. The van der Waals surface area contributed by atoms with E-state index in [4.69, 9.17) is 0 Å². The van der Waals surface area contributed by atoms with Crippen LogP contribution < -0.4 is 5.32 Å². The molecule has 1 aliphatic rings. The van der Waals surface area contributed by atoms with Gasteiger partial charge in [-0.05, 0) is 18.9 Å². The zero-order valence-corrected chi connectivity index (χ0v) is 12.5. The fourth-order valence-electron chi connectivity index (χ4n) is 2.64. The minimum Gasteiger partial charge on any atom is -0.393 e. The topological polar surface area (TPSA) is 58.0 Å². The highest BCUT2D eigenvalue weighted by Crippen LogP contribution is 2.36. The van der Waals surface area contributed by atoms with E-state index in [9.17, 15) is 22.7 Å². The predicted octanol–water partition coefficient (Wildman–Crippen LogP) is 3.48. The second-order valence-corrected chi connectivity index (χ2v) is 5.78. The van der Waals surface area contributed by atoms with Crippen LogP contribution in [0.15, 0.2) is 30.6 Å². The first-order valence-electron chi connectivity index (χ1n) is 7.43. The zero-order chi connectivity index (χ0) is 17.3. The Morgan fingerprint density at radius 2 is 1.96 bits per heavy atom. The maximum Gasteiger partial charge on any atom is 0.419 e. The third kappa shape index (κ3) is 3.48. The maximum absolute atomic E-state index is 14.0. The number of aliphatic hydroxyl groups is 1. The molecule has 128 valence electrons. The molecule has 1 saturated carbocycles. The maximum atomic E-state index is 14.0. The van der Waals surface area contributed by atoms with E-state index < -0.39 is 17.6 Å². The zero-order valence-electron chi connectivity index (χ0n) is 12.5. The number of hydrogen-bond acceptors (Lipinski definition) is 4. The molecule has 0 amide bonds. The molecule has 0 atom stereocenters. The van der Waals surface area contributed by atoms with Crippen LogP contribution in [-0.4, -0.2) is 21.2 Å². The number of aromatic nitrogens is 2. The highest BCUT2D eigenvalue weighted by atomic mass is 19.4. The van der Waals surface area contributed by atoms with Gasteiger partial charge < -0.3 is 10.4 Å². The van der Waals surface area contributed by atoms with E-state index in [-0.39, 0.29) is 24.1 Å². The first-order valence-corrected chi connectivity index (χ1v) is 7.43. The summed E-state index contributed by atoms with van der Waals surface area (Å²) in [6.07, 6.45) is -2.46. The van der Waals surface area contributed by atoms with Crippen LogP contribution in [0.4, 0.5) is 23.4 Å². The summed E-state index contributed by atoms with van der Waals surface area (Å²) in [6.45, 7) is -0.125. The summed E-state index contributed by atoms with van der Waals surface area (Å²) >= 11 is 0. The van der Waals surface area contributed by atoms with E-state index in [1.54, 1.807) is 6.07 Å². The van der Waals surface area contributed by atoms with Gasteiger partial charge in [0.1, 0.15) is 18.0 Å². The van der Waals surface area contributed by atoms with Gasteiger partial charge in [0, 0.05) is 29.8 Å². The van der Waals surface area contributed by atoms with Gasteiger partial charge in [0.25, 0.3) is 0 Å². The summed E-state index contributed by atoms with van der Waals surface area (Å²) in [5.74, 6) is -0.735. The lowest BCUT2D eigenvalue weighted by Crippen LogP contribution is -2.27. The fourth-order valence-corrected chi connectivity index (χ4v) is 2.64. The van der Waals surface area contributed by atoms with Gasteiger partial charge in [-0.2, -0.15) is 13.2 Å². The summed E-state index contributed by atoms with van der Waals surface area (Å²) in [6, 6.07) is 4.84. The van der Waals surface area contributed by atoms with Crippen molar-refractivity contribution in [1.29, 1.82) is 0 Å². The number of hydrogen-bond donors (Lipinski definition) is 2. The van der Waals surface area contributed by atoms with Crippen LogP contribution in [0.5, 0.6) is 0 Å². The Bertz CT molecular complexity index is 730. The average molecular weight is 341 g/mol. The van der Waals surface area contributed by atoms with E-state index in [0.717, 1.165) is 5.69 Å². The van der Waals surface area contributed by atoms with Gasteiger partial charge in [0.05, 0.1) is 11.7 Å². The van der Waals surface area contributed by atoms with Crippen molar-refractivity contribution in [3.8, 4) is 0 Å². The van der Waals surface area contributed by atoms with Crippen molar-refractivity contribution in [2.24, 2.45) is 0 Å². The molecule has 1 aromatic heterocycles. The number of halogens is 4. The van der Waals surface area contributed by atoms with Gasteiger partial charge >= 0.3 is 6.18 Å². The summed E-state index contributed by atoms with van der Waals surface area (Å²) < 4.78 is 52.1. The molecule has 2 N–H and O–H groups in total. The number of nitrogens with one attached hydrogen (secondary N) is 1. The Morgan fingerprint density at radius 3 is 2.62 bits per heavy atom. The van der Waals surface area contributed by atoms with Crippen LogP contribution >= 0.6 is 0 Å². The van der Waals surface area contributed by atoms with E-state index in [0.29, 0.717) is 24.7 Å². The van der Waals surface area contributed by atoms with Gasteiger partial charge in [-0.1, -0.05) is 12.1 Å². The third-order valence-electron chi connectivity index (χ3n) is 4.06. The second kappa shape index (κ2) is 6.35. The summed E-state index contributed by atoms with van der Waals surface area (Å²) in [5, 5.41) is 12.1. The minimum atomic E-state index is -4.73. The Balaban J connectivity index is 1.71.